The third kappa shape index (κ3) is 4.82. The van der Waals surface area contributed by atoms with E-state index >= 15 is 0 Å². The van der Waals surface area contributed by atoms with Gasteiger partial charge in [-0.05, 0) is 18.2 Å². The number of H-pyrrole nitrogens is 1. The zero-order valence-corrected chi connectivity index (χ0v) is 16.8. The van der Waals surface area contributed by atoms with Crippen molar-refractivity contribution < 1.29 is 31.9 Å². The summed E-state index contributed by atoms with van der Waals surface area (Å²) in [7, 11) is 0. The molecule has 15 heteroatoms. The average molecular weight is 481 g/mol. The minimum absolute atomic E-state index is 0.0405. The Bertz CT molecular complexity index is 1370. The molecule has 4 aromatic rings. The van der Waals surface area contributed by atoms with E-state index in [0.717, 1.165) is 11.3 Å². The number of alkyl halides is 3. The quantitative estimate of drug-likeness (QED) is 0.319. The van der Waals surface area contributed by atoms with Crippen LogP contribution in [0.1, 0.15) is 5.56 Å². The fraction of sp³-hybridized carbons (Fsp3) is 0.0556. The maximum atomic E-state index is 13.8. The number of nitrogens with zero attached hydrogens (tertiary/aromatic N) is 3. The molecule has 0 aliphatic heterocycles. The van der Waals surface area contributed by atoms with Crippen LogP contribution in [0.2, 0.25) is 0 Å². The molecular weight excluding hydrogens is 470 g/mol. The lowest BCUT2D eigenvalue weighted by Gasteiger charge is -2.11. The predicted molar refractivity (Wildman–Crippen MR) is 109 cm³/mol. The number of benzene rings is 1. The zero-order valence-electron chi connectivity index (χ0n) is 16.0. The number of thiazole rings is 1. The van der Waals surface area contributed by atoms with Crippen molar-refractivity contribution in [2.75, 3.05) is 10.6 Å². The van der Waals surface area contributed by atoms with Crippen molar-refractivity contribution in [2.45, 2.75) is 6.18 Å². The summed E-state index contributed by atoms with van der Waals surface area (Å²) in [4.78, 5) is 32.0. The van der Waals surface area contributed by atoms with Crippen LogP contribution in [0.25, 0.3) is 21.6 Å². The lowest BCUT2D eigenvalue weighted by molar-refractivity contribution is -0.137. The number of halogens is 4. The highest BCUT2D eigenvalue weighted by molar-refractivity contribution is 7.19. The molecule has 33 heavy (non-hydrogen) atoms. The van der Waals surface area contributed by atoms with Gasteiger partial charge in [0, 0.05) is 12.3 Å². The summed E-state index contributed by atoms with van der Waals surface area (Å²) < 4.78 is 57.2. The SMILES string of the molecule is NC(=O)Oc1cc(-c2cnc(NC(=O)Nc3cc(C(F)(F)F)ccc3F)s2)nc2[nH]ncc12. The van der Waals surface area contributed by atoms with Gasteiger partial charge in [-0.3, -0.25) is 10.4 Å². The first-order chi connectivity index (χ1) is 15.6. The van der Waals surface area contributed by atoms with Gasteiger partial charge in [-0.1, -0.05) is 11.3 Å². The van der Waals surface area contributed by atoms with Crippen LogP contribution in [0, 0.1) is 5.82 Å². The number of aromatic amines is 1. The number of rotatable bonds is 4. The molecule has 0 saturated carbocycles. The van der Waals surface area contributed by atoms with Gasteiger partial charge < -0.3 is 15.8 Å². The molecule has 0 saturated heterocycles. The highest BCUT2D eigenvalue weighted by Gasteiger charge is 2.31. The van der Waals surface area contributed by atoms with Gasteiger partial charge >= 0.3 is 18.3 Å². The Morgan fingerprint density at radius 1 is 1.15 bits per heavy atom. The minimum Gasteiger partial charge on any atom is -0.410 e. The minimum atomic E-state index is -4.70. The molecule has 0 radical (unpaired) electrons. The fourth-order valence-electron chi connectivity index (χ4n) is 2.72. The lowest BCUT2D eigenvalue weighted by atomic mass is 10.2. The largest absolute Gasteiger partial charge is 0.416 e. The number of pyridine rings is 1. The van der Waals surface area contributed by atoms with Crippen molar-refractivity contribution in [1.82, 2.24) is 20.2 Å². The number of ether oxygens (including phenoxy) is 1. The van der Waals surface area contributed by atoms with Gasteiger partial charge in [0.1, 0.15) is 11.6 Å². The first kappa shape index (κ1) is 21.9. The maximum Gasteiger partial charge on any atom is 0.416 e. The standard InChI is InChI=1S/C18H11F4N7O3S/c19-9-2-1-7(18(20,21)22)3-10(9)27-16(31)28-17-24-6-13(33-17)11-4-12(32-15(23)30)8-5-25-29-14(8)26-11/h1-6H,(H2,23,30)(H,25,26,29)(H2,24,27,28,31). The number of hydrogen-bond acceptors (Lipinski definition) is 7. The van der Waals surface area contributed by atoms with Gasteiger partial charge in [0.25, 0.3) is 0 Å². The van der Waals surface area contributed by atoms with Crippen LogP contribution in [-0.4, -0.2) is 32.3 Å². The number of urea groups is 1. The summed E-state index contributed by atoms with van der Waals surface area (Å²) in [6, 6.07) is 2.04. The summed E-state index contributed by atoms with van der Waals surface area (Å²) in [6.07, 6.45) is -3.00. The van der Waals surface area contributed by atoms with Gasteiger partial charge in [-0.2, -0.15) is 18.3 Å². The Labute approximate surface area is 184 Å². The first-order valence-corrected chi connectivity index (χ1v) is 9.64. The van der Waals surface area contributed by atoms with Gasteiger partial charge in [0.2, 0.25) is 0 Å². The molecule has 0 unspecified atom stereocenters. The van der Waals surface area contributed by atoms with Gasteiger partial charge in [0.15, 0.2) is 10.8 Å². The van der Waals surface area contributed by atoms with Crippen molar-refractivity contribution >= 4 is 45.3 Å². The second-order valence-electron chi connectivity index (χ2n) is 6.36. The van der Waals surface area contributed by atoms with E-state index in [1.807, 2.05) is 5.32 Å². The fourth-order valence-corrected chi connectivity index (χ4v) is 3.49. The van der Waals surface area contributed by atoms with E-state index in [9.17, 15) is 27.2 Å². The Kier molecular flexibility index (Phi) is 5.55. The zero-order chi connectivity index (χ0) is 23.8. The third-order valence-corrected chi connectivity index (χ3v) is 5.05. The van der Waals surface area contributed by atoms with E-state index in [1.54, 1.807) is 0 Å². The van der Waals surface area contributed by atoms with E-state index in [0.29, 0.717) is 39.8 Å². The maximum absolute atomic E-state index is 13.8. The molecular formula is C18H11F4N7O3S. The highest BCUT2D eigenvalue weighted by atomic mass is 32.1. The third-order valence-electron chi connectivity index (χ3n) is 4.12. The highest BCUT2D eigenvalue weighted by Crippen LogP contribution is 2.34. The molecule has 1 aromatic carbocycles. The number of nitrogens with two attached hydrogens (primary N) is 1. The molecule has 5 N–H and O–H groups in total. The monoisotopic (exact) mass is 481 g/mol. The van der Waals surface area contributed by atoms with Crippen LogP contribution in [-0.2, 0) is 6.18 Å². The van der Waals surface area contributed by atoms with Gasteiger partial charge in [-0.15, -0.1) is 0 Å². The number of primary amides is 1. The number of hydrogen-bond donors (Lipinski definition) is 4. The predicted octanol–water partition coefficient (Wildman–Crippen LogP) is 4.34. The van der Waals surface area contributed by atoms with Crippen molar-refractivity contribution in [3.8, 4) is 16.3 Å². The lowest BCUT2D eigenvalue weighted by Crippen LogP contribution is -2.20. The van der Waals surface area contributed by atoms with E-state index in [2.05, 4.69) is 25.5 Å². The molecule has 3 amide bonds. The number of carbonyl (C=O) groups is 2. The summed E-state index contributed by atoms with van der Waals surface area (Å²) in [6.45, 7) is 0. The summed E-state index contributed by atoms with van der Waals surface area (Å²) in [5.74, 6) is -0.950. The van der Waals surface area contributed by atoms with E-state index in [-0.39, 0.29) is 10.9 Å². The number of carbonyl (C=O) groups excluding carboxylic acids is 2. The molecule has 170 valence electrons. The molecule has 0 bridgehead atoms. The average Bonchev–Trinajstić information content (AvgIpc) is 3.37. The van der Waals surface area contributed by atoms with E-state index < -0.39 is 35.4 Å². The number of fused-ring (bicyclic) bond motifs is 1. The molecule has 0 aliphatic carbocycles. The summed E-state index contributed by atoms with van der Waals surface area (Å²) in [5, 5.41) is 11.2. The Morgan fingerprint density at radius 3 is 2.67 bits per heavy atom. The Hall–Kier alpha value is -4.27. The smallest absolute Gasteiger partial charge is 0.410 e. The van der Waals surface area contributed by atoms with Crippen LogP contribution in [0.5, 0.6) is 5.75 Å². The second kappa shape index (κ2) is 8.34. The van der Waals surface area contributed by atoms with Gasteiger partial charge in [0.05, 0.1) is 33.4 Å². The molecule has 0 atom stereocenters. The normalized spacial score (nSPS) is 11.4. The number of nitrogens with one attached hydrogen (secondary N) is 3. The van der Waals surface area contributed by atoms with Crippen LogP contribution in [0.15, 0.2) is 36.7 Å². The van der Waals surface area contributed by atoms with E-state index in [1.165, 1.54) is 18.5 Å². The number of aromatic nitrogens is 4. The van der Waals surface area contributed by atoms with Crippen LogP contribution >= 0.6 is 11.3 Å². The van der Waals surface area contributed by atoms with Gasteiger partial charge in [-0.25, -0.2) is 23.9 Å². The molecule has 3 aromatic heterocycles. The van der Waals surface area contributed by atoms with Crippen molar-refractivity contribution in [2.24, 2.45) is 5.73 Å². The van der Waals surface area contributed by atoms with Crippen molar-refractivity contribution in [3.63, 3.8) is 0 Å². The molecule has 0 fully saturated rings. The first-order valence-electron chi connectivity index (χ1n) is 8.82. The van der Waals surface area contributed by atoms with E-state index in [4.69, 9.17) is 10.5 Å². The van der Waals surface area contributed by atoms with Crippen LogP contribution in [0.3, 0.4) is 0 Å². The molecule has 4 rings (SSSR count). The second-order valence-corrected chi connectivity index (χ2v) is 7.39. The molecule has 3 heterocycles. The van der Waals surface area contributed by atoms with Crippen molar-refractivity contribution in [1.29, 1.82) is 0 Å². The Morgan fingerprint density at radius 2 is 1.94 bits per heavy atom. The number of amides is 3. The topological polar surface area (TPSA) is 148 Å². The molecule has 0 spiro atoms. The molecule has 10 nitrogen and oxygen atoms in total. The Balaban J connectivity index is 1.53. The van der Waals surface area contributed by atoms with Crippen molar-refractivity contribution in [3.05, 3.63) is 48.0 Å². The van der Waals surface area contributed by atoms with Crippen LogP contribution in [0.4, 0.5) is 38.0 Å². The molecule has 0 aliphatic rings. The number of anilines is 2. The van der Waals surface area contributed by atoms with Crippen LogP contribution < -0.4 is 21.1 Å². The summed E-state index contributed by atoms with van der Waals surface area (Å²) >= 11 is 0.950. The summed E-state index contributed by atoms with van der Waals surface area (Å²) in [5.41, 5.74) is 3.90.